The van der Waals surface area contributed by atoms with E-state index in [2.05, 4.69) is 27.4 Å². The summed E-state index contributed by atoms with van der Waals surface area (Å²) in [6.07, 6.45) is 1.79. The van der Waals surface area contributed by atoms with E-state index in [4.69, 9.17) is 29.2 Å². The zero-order chi connectivity index (χ0) is 28.6. The van der Waals surface area contributed by atoms with E-state index in [0.29, 0.717) is 56.2 Å². The Morgan fingerprint density at radius 1 is 0.951 bits per heavy atom. The van der Waals surface area contributed by atoms with Gasteiger partial charge in [0.15, 0.2) is 5.82 Å². The van der Waals surface area contributed by atoms with Gasteiger partial charge in [-0.2, -0.15) is 9.97 Å². The van der Waals surface area contributed by atoms with Crippen molar-refractivity contribution in [2.45, 2.75) is 31.7 Å². The van der Waals surface area contributed by atoms with Crippen LogP contribution >= 0.6 is 0 Å². The van der Waals surface area contributed by atoms with Crippen LogP contribution in [-0.4, -0.2) is 92.1 Å². The van der Waals surface area contributed by atoms with E-state index in [1.165, 1.54) is 0 Å². The van der Waals surface area contributed by atoms with E-state index in [0.717, 1.165) is 43.1 Å². The van der Waals surface area contributed by atoms with Crippen LogP contribution in [0.25, 0.3) is 11.4 Å². The number of nitrogens with one attached hydrogen (secondary N) is 2. The van der Waals surface area contributed by atoms with Gasteiger partial charge in [-0.3, -0.25) is 0 Å². The molecular weight excluding hydrogens is 522 g/mol. The van der Waals surface area contributed by atoms with E-state index < -0.39 is 0 Å². The van der Waals surface area contributed by atoms with Crippen molar-refractivity contribution in [2.24, 2.45) is 0 Å². The summed E-state index contributed by atoms with van der Waals surface area (Å²) < 4.78 is 16.9. The van der Waals surface area contributed by atoms with Crippen LogP contribution in [0.15, 0.2) is 48.5 Å². The number of rotatable bonds is 9. The van der Waals surface area contributed by atoms with Gasteiger partial charge >= 0.3 is 6.03 Å². The number of nitrogens with zero attached hydrogens (tertiary/aromatic N) is 5. The Balaban J connectivity index is 1.25. The van der Waals surface area contributed by atoms with Gasteiger partial charge in [0, 0.05) is 49.2 Å². The summed E-state index contributed by atoms with van der Waals surface area (Å²) in [5.41, 5.74) is 2.20. The van der Waals surface area contributed by atoms with Gasteiger partial charge in [0.2, 0.25) is 5.95 Å². The predicted molar refractivity (Wildman–Crippen MR) is 159 cm³/mol. The number of aromatic nitrogens is 3. The average Bonchev–Trinajstić information content (AvgIpc) is 2.99. The van der Waals surface area contributed by atoms with Crippen LogP contribution in [0.2, 0.25) is 0 Å². The van der Waals surface area contributed by atoms with E-state index in [9.17, 15) is 4.79 Å². The van der Waals surface area contributed by atoms with Crippen molar-refractivity contribution in [3.63, 3.8) is 0 Å². The first-order valence-electron chi connectivity index (χ1n) is 14.2. The molecule has 2 aliphatic rings. The molecule has 218 valence electrons. The normalized spacial score (nSPS) is 17.9. The van der Waals surface area contributed by atoms with Gasteiger partial charge < -0.3 is 34.6 Å². The summed E-state index contributed by atoms with van der Waals surface area (Å²) >= 11 is 0. The van der Waals surface area contributed by atoms with Crippen LogP contribution in [0.5, 0.6) is 5.75 Å². The van der Waals surface area contributed by atoms with E-state index in [1.54, 1.807) is 0 Å². The molecule has 2 saturated heterocycles. The molecule has 2 aromatic carbocycles. The molecule has 0 aliphatic carbocycles. The molecule has 2 amide bonds. The third-order valence-electron chi connectivity index (χ3n) is 7.17. The molecule has 1 atom stereocenters. The third-order valence-corrected chi connectivity index (χ3v) is 7.17. The molecule has 5 rings (SSSR count). The van der Waals surface area contributed by atoms with Gasteiger partial charge in [-0.05, 0) is 82.4 Å². The Labute approximate surface area is 241 Å². The van der Waals surface area contributed by atoms with Crippen molar-refractivity contribution in [1.82, 2.24) is 19.9 Å². The molecule has 11 heteroatoms. The largest absolute Gasteiger partial charge is 0.492 e. The number of morpholine rings is 1. The summed E-state index contributed by atoms with van der Waals surface area (Å²) in [5.74, 6) is 3.12. The molecule has 2 fully saturated rings. The molecule has 41 heavy (non-hydrogen) atoms. The fraction of sp³-hybridized carbons (Fsp3) is 0.467. The molecule has 1 unspecified atom stereocenters. The molecule has 2 aliphatic heterocycles. The summed E-state index contributed by atoms with van der Waals surface area (Å²) in [4.78, 5) is 31.5. The highest BCUT2D eigenvalue weighted by molar-refractivity contribution is 5.99. The Morgan fingerprint density at radius 2 is 1.63 bits per heavy atom. The van der Waals surface area contributed by atoms with Crippen LogP contribution in [-0.2, 0) is 9.47 Å². The van der Waals surface area contributed by atoms with Crippen molar-refractivity contribution < 1.29 is 19.0 Å². The predicted octanol–water partition coefficient (Wildman–Crippen LogP) is 4.24. The third kappa shape index (κ3) is 7.90. The maximum absolute atomic E-state index is 12.6. The number of carbonyl (C=O) groups is 1. The van der Waals surface area contributed by atoms with E-state index >= 15 is 0 Å². The lowest BCUT2D eigenvalue weighted by molar-refractivity contribution is 0.0834. The van der Waals surface area contributed by atoms with E-state index in [-0.39, 0.29) is 18.0 Å². The summed E-state index contributed by atoms with van der Waals surface area (Å²) in [6, 6.07) is 14.7. The monoisotopic (exact) mass is 561 g/mol. The highest BCUT2D eigenvalue weighted by Gasteiger charge is 2.26. The van der Waals surface area contributed by atoms with Gasteiger partial charge in [-0.25, -0.2) is 9.78 Å². The lowest BCUT2D eigenvalue weighted by Crippen LogP contribution is -2.44. The van der Waals surface area contributed by atoms with Crippen LogP contribution in [0, 0.1) is 0 Å². The number of benzene rings is 2. The average molecular weight is 562 g/mol. The summed E-state index contributed by atoms with van der Waals surface area (Å²) in [6.45, 7) is 7.02. The zero-order valence-corrected chi connectivity index (χ0v) is 24.0. The van der Waals surface area contributed by atoms with Gasteiger partial charge in [0.05, 0.1) is 19.3 Å². The first-order chi connectivity index (χ1) is 19.9. The molecule has 2 N–H and O–H groups in total. The number of ether oxygens (including phenoxy) is 3. The lowest BCUT2D eigenvalue weighted by Gasteiger charge is -2.34. The minimum absolute atomic E-state index is 0.179. The molecule has 0 radical (unpaired) electrons. The Bertz CT molecular complexity index is 1280. The van der Waals surface area contributed by atoms with Gasteiger partial charge in [-0.15, -0.1) is 0 Å². The topological polar surface area (TPSA) is 114 Å². The number of hydrogen-bond donors (Lipinski definition) is 2. The Hall–Kier alpha value is -3.80. The van der Waals surface area contributed by atoms with E-state index in [1.807, 2.05) is 62.6 Å². The maximum Gasteiger partial charge on any atom is 0.323 e. The summed E-state index contributed by atoms with van der Waals surface area (Å²) in [5, 5.41) is 5.74. The number of hydrogen-bond acceptors (Lipinski definition) is 9. The first-order valence-corrected chi connectivity index (χ1v) is 14.2. The molecule has 0 bridgehead atoms. The number of urea groups is 1. The molecular formula is C30H39N7O4. The number of amides is 2. The van der Waals surface area contributed by atoms with Gasteiger partial charge in [-0.1, -0.05) is 0 Å². The first kappa shape index (κ1) is 28.7. The second kappa shape index (κ2) is 13.7. The molecule has 3 heterocycles. The number of likely N-dealkylation sites (N-methyl/N-ethyl adjacent to an activating group) is 1. The standard InChI is InChI=1S/C30H39N7O4/c1-21-20-40-18-15-37(21)29-34-27(33-28(35-29)23-12-16-39-17-13-23)22-4-6-24(7-5-22)31-30(38)32-25-8-10-26(11-9-25)41-19-14-36(2)3/h4-11,21,23H,12-20H2,1-3H3,(H2,31,32,38). The van der Waals surface area contributed by atoms with Crippen LogP contribution in [0.3, 0.4) is 0 Å². The lowest BCUT2D eigenvalue weighted by atomic mass is 9.99. The summed E-state index contributed by atoms with van der Waals surface area (Å²) in [7, 11) is 4.00. The van der Waals surface area contributed by atoms with Crippen molar-refractivity contribution in [2.75, 3.05) is 75.8 Å². The molecule has 11 nitrogen and oxygen atoms in total. The van der Waals surface area contributed by atoms with Gasteiger partial charge in [0.25, 0.3) is 0 Å². The molecule has 3 aromatic rings. The van der Waals surface area contributed by atoms with Crippen molar-refractivity contribution in [3.8, 4) is 17.1 Å². The number of anilines is 3. The number of carbonyl (C=O) groups excluding carboxylic acids is 1. The second-order valence-corrected chi connectivity index (χ2v) is 10.7. The molecule has 0 spiro atoms. The van der Waals surface area contributed by atoms with Crippen LogP contribution < -0.4 is 20.3 Å². The highest BCUT2D eigenvalue weighted by atomic mass is 16.5. The SMILES string of the molecule is CC1COCCN1c1nc(-c2ccc(NC(=O)Nc3ccc(OCCN(C)C)cc3)cc2)nc(C2CCOCC2)n1. The zero-order valence-electron chi connectivity index (χ0n) is 24.0. The van der Waals surface area contributed by atoms with Crippen molar-refractivity contribution in [3.05, 3.63) is 54.4 Å². The minimum Gasteiger partial charge on any atom is -0.492 e. The van der Waals surface area contributed by atoms with Gasteiger partial charge in [0.1, 0.15) is 18.2 Å². The maximum atomic E-state index is 12.6. The minimum atomic E-state index is -0.329. The fourth-order valence-electron chi connectivity index (χ4n) is 4.78. The Morgan fingerprint density at radius 3 is 2.29 bits per heavy atom. The van der Waals surface area contributed by atoms with Crippen molar-refractivity contribution in [1.29, 1.82) is 0 Å². The van der Waals surface area contributed by atoms with Crippen LogP contribution in [0.1, 0.15) is 31.5 Å². The molecule has 0 saturated carbocycles. The Kier molecular flexibility index (Phi) is 9.60. The highest BCUT2D eigenvalue weighted by Crippen LogP contribution is 2.29. The van der Waals surface area contributed by atoms with Crippen molar-refractivity contribution >= 4 is 23.4 Å². The second-order valence-electron chi connectivity index (χ2n) is 10.7. The smallest absolute Gasteiger partial charge is 0.323 e. The van der Waals surface area contributed by atoms with Crippen LogP contribution in [0.4, 0.5) is 22.1 Å². The molecule has 1 aromatic heterocycles. The quantitative estimate of drug-likeness (QED) is 0.396. The fourth-order valence-corrected chi connectivity index (χ4v) is 4.78.